The molecule has 0 aliphatic carbocycles. The number of hydrogen-bond donors (Lipinski definition) is 7. The molecule has 0 unspecified atom stereocenters. The Kier molecular flexibility index (Phi) is 701. The van der Waals surface area contributed by atoms with Crippen LogP contribution in [0.1, 0.15) is 0 Å². The van der Waals surface area contributed by atoms with Gasteiger partial charge in [0.15, 0.2) is 0 Å². The second-order valence-electron chi connectivity index (χ2n) is 0.400. The predicted molar refractivity (Wildman–Crippen MR) is 73.5 cm³/mol. The van der Waals surface area contributed by atoms with Gasteiger partial charge >= 0.3 is 0 Å². The maximum Gasteiger partial charge on any atom is 0.130 e. The summed E-state index contributed by atoms with van der Waals surface area (Å²) in [7, 11) is 0. The number of thiol groups is 4. The zero-order valence-corrected chi connectivity index (χ0v) is 13.0. The summed E-state index contributed by atoms with van der Waals surface area (Å²) in [5.74, 6) is 0. The van der Waals surface area contributed by atoms with Crippen molar-refractivity contribution < 1.29 is 17.4 Å². The molecule has 7 nitrogen and oxygen atoms in total. The Morgan fingerprint density at radius 1 is 0.500 bits per heavy atom. The van der Waals surface area contributed by atoms with E-state index in [1.165, 1.54) is 21.6 Å². The minimum absolute atomic E-state index is 0. The van der Waals surface area contributed by atoms with E-state index in [0.717, 1.165) is 0 Å². The molecular weight excluding hydrogens is 326 g/mol. The molecule has 0 bridgehead atoms. The fraction of sp³-hybridized carbons (Fsp3) is 0. The third-order valence-corrected chi connectivity index (χ3v) is 0. The van der Waals surface area contributed by atoms with Crippen LogP contribution in [-0.2, 0) is 17.4 Å². The maximum atomic E-state index is 7.18. The van der Waals surface area contributed by atoms with Gasteiger partial charge in [-0.2, -0.15) is 21.0 Å². The molecule has 0 amide bonds. The Hall–Kier alpha value is -0.228. The van der Waals surface area contributed by atoms with Crippen molar-refractivity contribution in [3.8, 4) is 21.6 Å². The van der Waals surface area contributed by atoms with E-state index in [9.17, 15) is 0 Å². The molecule has 0 aromatic rings. The molecule has 0 rings (SSSR count). The molecule has 0 saturated heterocycles. The first-order valence-electron chi connectivity index (χ1n) is 1.79. The zero-order chi connectivity index (χ0) is 10.8. The average Bonchev–Trinajstić information content (AvgIpc) is 1.92. The van der Waals surface area contributed by atoms with Crippen molar-refractivity contribution >= 4 is 50.5 Å². The van der Waals surface area contributed by atoms with Gasteiger partial charge < -0.3 is 18.5 Å². The van der Waals surface area contributed by atoms with Gasteiger partial charge in [-0.3, -0.25) is 0 Å². The van der Waals surface area contributed by atoms with Crippen LogP contribution in [0.2, 0.25) is 0 Å². The summed E-state index contributed by atoms with van der Waals surface area (Å²) in [6.45, 7) is 0. The monoisotopic (exact) mass is 339 g/mol. The molecule has 0 fully saturated rings. The Morgan fingerprint density at radius 2 is 0.500 bits per heavy atom. The molecule has 0 spiro atoms. The average molecular weight is 339 g/mol. The molecule has 9 N–H and O–H groups in total. The first-order valence-corrected chi connectivity index (χ1v) is 3.58. The van der Waals surface area contributed by atoms with Crippen molar-refractivity contribution in [1.82, 2.24) is 18.5 Å². The molecule has 0 aromatic carbocycles. The standard InChI is InChI=1S/4CHNS.Cr.3H3N/c4*2-1-3;;;;/h4*3H;;3*1H3. The van der Waals surface area contributed by atoms with Gasteiger partial charge in [-0.1, -0.05) is 50.5 Å². The molecule has 0 aliphatic rings. The summed E-state index contributed by atoms with van der Waals surface area (Å²) in [4.78, 5) is 0. The number of hydrogen-bond acceptors (Lipinski definition) is 11. The van der Waals surface area contributed by atoms with E-state index >= 15 is 0 Å². The van der Waals surface area contributed by atoms with Crippen LogP contribution < -0.4 is 18.5 Å². The minimum Gasteiger partial charge on any atom is -0.344 e. The van der Waals surface area contributed by atoms with Crippen molar-refractivity contribution in [3.05, 3.63) is 0 Å². The van der Waals surface area contributed by atoms with E-state index < -0.39 is 0 Å². The first-order chi connectivity index (χ1) is 5.66. The number of nitrogens with zero attached hydrogens (tertiary/aromatic N) is 4. The first kappa shape index (κ1) is 57.0. The molecule has 0 heterocycles. The molecule has 0 atom stereocenters. The Bertz CT molecular complexity index is 162. The fourth-order valence-electron chi connectivity index (χ4n) is 0. The van der Waals surface area contributed by atoms with E-state index in [-0.39, 0.29) is 35.8 Å². The Morgan fingerprint density at radius 3 is 0.500 bits per heavy atom. The second kappa shape index (κ2) is 197. The Balaban J connectivity index is -0.00000000821. The second-order valence-corrected chi connectivity index (χ2v) is 1.20. The molecule has 94 valence electrons. The van der Waals surface area contributed by atoms with E-state index in [1.807, 2.05) is 0 Å². The summed E-state index contributed by atoms with van der Waals surface area (Å²) >= 11 is 12.4. The van der Waals surface area contributed by atoms with Crippen molar-refractivity contribution in [1.29, 1.82) is 21.0 Å². The molecular formula is C4H13CrN7S4. The Labute approximate surface area is 128 Å². The van der Waals surface area contributed by atoms with E-state index in [0.29, 0.717) is 0 Å². The van der Waals surface area contributed by atoms with Gasteiger partial charge in [0.2, 0.25) is 0 Å². The van der Waals surface area contributed by atoms with Gasteiger partial charge in [-0.05, 0) is 0 Å². The minimum atomic E-state index is 0. The topological polar surface area (TPSA) is 200 Å². The number of nitriles is 4. The van der Waals surface area contributed by atoms with Crippen molar-refractivity contribution in [2.75, 3.05) is 0 Å². The van der Waals surface area contributed by atoms with Crippen LogP contribution in [0, 0.1) is 42.7 Å². The van der Waals surface area contributed by atoms with Gasteiger partial charge in [0, 0.05) is 17.4 Å². The smallest absolute Gasteiger partial charge is 0.130 e. The van der Waals surface area contributed by atoms with Gasteiger partial charge in [-0.15, -0.1) is 0 Å². The molecule has 0 aliphatic heterocycles. The van der Waals surface area contributed by atoms with Crippen molar-refractivity contribution in [3.63, 3.8) is 0 Å². The van der Waals surface area contributed by atoms with E-state index in [4.69, 9.17) is 21.0 Å². The van der Waals surface area contributed by atoms with Crippen LogP contribution >= 0.6 is 50.5 Å². The van der Waals surface area contributed by atoms with Crippen LogP contribution in [0.25, 0.3) is 0 Å². The molecule has 16 heavy (non-hydrogen) atoms. The number of rotatable bonds is 0. The van der Waals surface area contributed by atoms with Crippen LogP contribution in [0.5, 0.6) is 0 Å². The normalized spacial score (nSPS) is 2.00. The predicted octanol–water partition coefficient (Wildman–Crippen LogP) is 2.07. The van der Waals surface area contributed by atoms with Crippen LogP contribution in [-0.4, -0.2) is 0 Å². The van der Waals surface area contributed by atoms with Crippen molar-refractivity contribution in [2.24, 2.45) is 0 Å². The zero-order valence-electron chi connectivity index (χ0n) is 8.11. The van der Waals surface area contributed by atoms with Gasteiger partial charge in [0.25, 0.3) is 0 Å². The maximum absolute atomic E-state index is 7.18. The molecule has 12 heteroatoms. The third-order valence-electron chi connectivity index (χ3n) is 0. The summed E-state index contributed by atoms with van der Waals surface area (Å²) in [6.07, 6.45) is 0. The third kappa shape index (κ3) is 43400. The molecule has 0 saturated carbocycles. The summed E-state index contributed by atoms with van der Waals surface area (Å²) in [5.41, 5.74) is 0. The SMILES string of the molecule is N.N.N.N#CS.N#CS.N#CS.N#CS.[Cr]. The largest absolute Gasteiger partial charge is 0.344 e. The van der Waals surface area contributed by atoms with Gasteiger partial charge in [0.05, 0.1) is 0 Å². The molecule has 0 aromatic heterocycles. The van der Waals surface area contributed by atoms with E-state index in [1.54, 1.807) is 0 Å². The fourth-order valence-corrected chi connectivity index (χ4v) is 0. The summed E-state index contributed by atoms with van der Waals surface area (Å²) in [6, 6.07) is 0. The van der Waals surface area contributed by atoms with Crippen LogP contribution in [0.3, 0.4) is 0 Å². The van der Waals surface area contributed by atoms with E-state index in [2.05, 4.69) is 50.5 Å². The van der Waals surface area contributed by atoms with Crippen molar-refractivity contribution in [2.45, 2.75) is 0 Å². The number of thiocyanates is 4. The summed E-state index contributed by atoms with van der Waals surface area (Å²) in [5, 5.41) is 34.5. The van der Waals surface area contributed by atoms with Crippen LogP contribution in [0.4, 0.5) is 0 Å². The quantitative estimate of drug-likeness (QED) is 0.258. The molecule has 0 radical (unpaired) electrons. The van der Waals surface area contributed by atoms with Crippen LogP contribution in [0.15, 0.2) is 0 Å². The van der Waals surface area contributed by atoms with Gasteiger partial charge in [0.1, 0.15) is 21.6 Å². The summed E-state index contributed by atoms with van der Waals surface area (Å²) < 4.78 is 0. The van der Waals surface area contributed by atoms with Gasteiger partial charge in [-0.25, -0.2) is 0 Å².